The van der Waals surface area contributed by atoms with E-state index in [-0.39, 0.29) is 0 Å². The molecule has 1 aliphatic heterocycles. The van der Waals surface area contributed by atoms with E-state index >= 15 is 0 Å². The average molecular weight is 140 g/mol. The van der Waals surface area contributed by atoms with E-state index in [2.05, 4.69) is 31.3 Å². The topological polar surface area (TPSA) is 24.4 Å². The predicted octanol–water partition coefficient (Wildman–Crippen LogP) is 1.77. The van der Waals surface area contributed by atoms with Crippen LogP contribution in [0.15, 0.2) is 5.10 Å². The van der Waals surface area contributed by atoms with Gasteiger partial charge >= 0.3 is 0 Å². The number of rotatable bonds is 0. The fourth-order valence-corrected chi connectivity index (χ4v) is 1.05. The summed E-state index contributed by atoms with van der Waals surface area (Å²) in [6.45, 7) is 7.63. The van der Waals surface area contributed by atoms with E-state index in [1.807, 2.05) is 0 Å². The summed E-state index contributed by atoms with van der Waals surface area (Å²) < 4.78 is 0. The Morgan fingerprint density at radius 2 is 2.20 bits per heavy atom. The maximum atomic E-state index is 4.19. The molecule has 0 atom stereocenters. The van der Waals surface area contributed by atoms with Gasteiger partial charge in [0.05, 0.1) is 0 Å². The number of hydrogen-bond acceptors (Lipinski definition) is 2. The molecule has 0 saturated carbocycles. The standard InChI is InChI=1S/C8H16N2/c1-7-4-5-8(2,3)6-9-10-7/h9H,4-6H2,1-3H3. The van der Waals surface area contributed by atoms with E-state index < -0.39 is 0 Å². The molecule has 0 unspecified atom stereocenters. The van der Waals surface area contributed by atoms with Crippen molar-refractivity contribution in [1.82, 2.24) is 5.43 Å². The summed E-state index contributed by atoms with van der Waals surface area (Å²) in [5.41, 5.74) is 4.72. The van der Waals surface area contributed by atoms with Crippen molar-refractivity contribution in [3.05, 3.63) is 0 Å². The molecule has 0 aromatic heterocycles. The second kappa shape index (κ2) is 2.60. The highest BCUT2D eigenvalue weighted by atomic mass is 15.3. The Morgan fingerprint density at radius 1 is 1.50 bits per heavy atom. The number of hydrazone groups is 1. The number of nitrogens with zero attached hydrogens (tertiary/aromatic N) is 1. The Labute approximate surface area is 62.7 Å². The molecule has 1 N–H and O–H groups in total. The smallest absolute Gasteiger partial charge is 0.0380 e. The lowest BCUT2D eigenvalue weighted by molar-refractivity contribution is 0.332. The quantitative estimate of drug-likeness (QED) is 0.545. The summed E-state index contributed by atoms with van der Waals surface area (Å²) in [5.74, 6) is 0. The van der Waals surface area contributed by atoms with Gasteiger partial charge in [-0.2, -0.15) is 5.10 Å². The van der Waals surface area contributed by atoms with Crippen molar-refractivity contribution in [2.24, 2.45) is 10.5 Å². The summed E-state index contributed by atoms with van der Waals surface area (Å²) in [6, 6.07) is 0. The van der Waals surface area contributed by atoms with Crippen LogP contribution in [0.4, 0.5) is 0 Å². The van der Waals surface area contributed by atoms with Crippen molar-refractivity contribution in [3.8, 4) is 0 Å². The monoisotopic (exact) mass is 140 g/mol. The minimum absolute atomic E-state index is 0.418. The van der Waals surface area contributed by atoms with Crippen LogP contribution in [-0.2, 0) is 0 Å². The summed E-state index contributed by atoms with van der Waals surface area (Å²) in [7, 11) is 0. The molecule has 1 aliphatic rings. The molecule has 0 bridgehead atoms. The molecule has 0 saturated heterocycles. The largest absolute Gasteiger partial charge is 0.310 e. The highest BCUT2D eigenvalue weighted by Gasteiger charge is 2.19. The molecule has 1 heterocycles. The van der Waals surface area contributed by atoms with Crippen LogP contribution in [0.1, 0.15) is 33.6 Å². The summed E-state index contributed by atoms with van der Waals surface area (Å²) >= 11 is 0. The second-order valence-electron chi connectivity index (χ2n) is 3.85. The van der Waals surface area contributed by atoms with Crippen molar-refractivity contribution < 1.29 is 0 Å². The molecule has 0 aromatic carbocycles. The third kappa shape index (κ3) is 2.01. The maximum absolute atomic E-state index is 4.19. The number of nitrogens with one attached hydrogen (secondary N) is 1. The second-order valence-corrected chi connectivity index (χ2v) is 3.85. The zero-order chi connectivity index (χ0) is 7.61. The Bertz CT molecular complexity index is 147. The Morgan fingerprint density at radius 3 is 2.90 bits per heavy atom. The van der Waals surface area contributed by atoms with Gasteiger partial charge < -0.3 is 5.43 Å². The molecule has 2 nitrogen and oxygen atoms in total. The zero-order valence-electron chi connectivity index (χ0n) is 7.07. The molecular weight excluding hydrogens is 124 g/mol. The summed E-state index contributed by atoms with van der Waals surface area (Å²) in [6.07, 6.45) is 2.38. The van der Waals surface area contributed by atoms with Gasteiger partial charge in [0.25, 0.3) is 0 Å². The lowest BCUT2D eigenvalue weighted by Gasteiger charge is -2.20. The van der Waals surface area contributed by atoms with E-state index in [4.69, 9.17) is 0 Å². The van der Waals surface area contributed by atoms with Crippen LogP contribution in [0.5, 0.6) is 0 Å². The van der Waals surface area contributed by atoms with Gasteiger partial charge in [-0.05, 0) is 25.2 Å². The van der Waals surface area contributed by atoms with Gasteiger partial charge in [0.1, 0.15) is 0 Å². The number of hydrogen-bond donors (Lipinski definition) is 1. The minimum Gasteiger partial charge on any atom is -0.310 e. The molecule has 0 aliphatic carbocycles. The van der Waals surface area contributed by atoms with E-state index in [1.54, 1.807) is 0 Å². The third-order valence-corrected chi connectivity index (χ3v) is 1.99. The van der Waals surface area contributed by atoms with Gasteiger partial charge in [-0.1, -0.05) is 13.8 Å². The van der Waals surface area contributed by atoms with Crippen LogP contribution >= 0.6 is 0 Å². The van der Waals surface area contributed by atoms with E-state index in [9.17, 15) is 0 Å². The molecule has 0 amide bonds. The van der Waals surface area contributed by atoms with E-state index in [0.29, 0.717) is 5.41 Å². The van der Waals surface area contributed by atoms with Crippen LogP contribution < -0.4 is 5.43 Å². The van der Waals surface area contributed by atoms with Crippen LogP contribution in [0.2, 0.25) is 0 Å². The molecule has 58 valence electrons. The molecule has 1 rings (SSSR count). The first-order chi connectivity index (χ1) is 4.60. The first kappa shape index (κ1) is 7.58. The Kier molecular flexibility index (Phi) is 1.97. The minimum atomic E-state index is 0.418. The molecule has 0 spiro atoms. The van der Waals surface area contributed by atoms with Crippen LogP contribution in [0.3, 0.4) is 0 Å². The van der Waals surface area contributed by atoms with Crippen molar-refractivity contribution in [1.29, 1.82) is 0 Å². The van der Waals surface area contributed by atoms with Gasteiger partial charge in [0.2, 0.25) is 0 Å². The fourth-order valence-electron chi connectivity index (χ4n) is 1.05. The van der Waals surface area contributed by atoms with Crippen molar-refractivity contribution in [2.75, 3.05) is 6.54 Å². The Hall–Kier alpha value is -0.530. The van der Waals surface area contributed by atoms with Crippen molar-refractivity contribution in [2.45, 2.75) is 33.6 Å². The molecule has 2 heteroatoms. The third-order valence-electron chi connectivity index (χ3n) is 1.99. The van der Waals surface area contributed by atoms with Gasteiger partial charge in [0, 0.05) is 12.3 Å². The summed E-state index contributed by atoms with van der Waals surface area (Å²) in [5, 5.41) is 4.19. The molecular formula is C8H16N2. The summed E-state index contributed by atoms with van der Waals surface area (Å²) in [4.78, 5) is 0. The van der Waals surface area contributed by atoms with Crippen LogP contribution in [0, 0.1) is 5.41 Å². The average Bonchev–Trinajstić information content (AvgIpc) is 1.94. The fraction of sp³-hybridized carbons (Fsp3) is 0.875. The van der Waals surface area contributed by atoms with Crippen LogP contribution in [-0.4, -0.2) is 12.3 Å². The SMILES string of the molecule is CC1=NNCC(C)(C)CC1. The highest BCUT2D eigenvalue weighted by Crippen LogP contribution is 2.22. The van der Waals surface area contributed by atoms with Crippen LogP contribution in [0.25, 0.3) is 0 Å². The predicted molar refractivity (Wildman–Crippen MR) is 44.1 cm³/mol. The van der Waals surface area contributed by atoms with Gasteiger partial charge in [-0.3, -0.25) is 0 Å². The van der Waals surface area contributed by atoms with Crippen molar-refractivity contribution >= 4 is 5.71 Å². The van der Waals surface area contributed by atoms with Gasteiger partial charge in [0.15, 0.2) is 0 Å². The molecule has 0 radical (unpaired) electrons. The normalized spacial score (nSPS) is 24.5. The molecule has 0 fully saturated rings. The molecule has 0 aromatic rings. The van der Waals surface area contributed by atoms with Crippen molar-refractivity contribution in [3.63, 3.8) is 0 Å². The first-order valence-electron chi connectivity index (χ1n) is 3.86. The maximum Gasteiger partial charge on any atom is 0.0380 e. The van der Waals surface area contributed by atoms with E-state index in [0.717, 1.165) is 13.0 Å². The molecule has 10 heavy (non-hydrogen) atoms. The zero-order valence-corrected chi connectivity index (χ0v) is 7.07. The Balaban J connectivity index is 2.52. The highest BCUT2D eigenvalue weighted by molar-refractivity contribution is 5.81. The first-order valence-corrected chi connectivity index (χ1v) is 3.86. The lowest BCUT2D eigenvalue weighted by Crippen LogP contribution is -2.23. The lowest BCUT2D eigenvalue weighted by atomic mass is 9.88. The van der Waals surface area contributed by atoms with Gasteiger partial charge in [-0.15, -0.1) is 0 Å². The van der Waals surface area contributed by atoms with Gasteiger partial charge in [-0.25, -0.2) is 0 Å². The van der Waals surface area contributed by atoms with E-state index in [1.165, 1.54) is 12.1 Å².